The molecule has 68 heavy (non-hydrogen) atoms. The summed E-state index contributed by atoms with van der Waals surface area (Å²) in [6, 6.07) is 90.7. The van der Waals surface area contributed by atoms with E-state index in [1.807, 2.05) is 11.3 Å². The molecule has 11 aromatic carbocycles. The molecule has 0 atom stereocenters. The van der Waals surface area contributed by atoms with Gasteiger partial charge in [-0.1, -0.05) is 188 Å². The van der Waals surface area contributed by atoms with Crippen molar-refractivity contribution in [2.75, 3.05) is 4.90 Å². The van der Waals surface area contributed by atoms with E-state index in [0.717, 1.165) is 22.7 Å². The molecule has 2 aliphatic rings. The van der Waals surface area contributed by atoms with Gasteiger partial charge in [-0.05, 0) is 110 Å². The number of rotatable bonds is 5. The molecule has 0 N–H and O–H groups in total. The first-order chi connectivity index (χ1) is 33.8. The van der Waals surface area contributed by atoms with Gasteiger partial charge >= 0.3 is 0 Å². The van der Waals surface area contributed by atoms with Crippen molar-refractivity contribution in [1.82, 2.24) is 4.57 Å². The first kappa shape index (κ1) is 37.7. The van der Waals surface area contributed by atoms with Crippen LogP contribution in [0.25, 0.3) is 91.8 Å². The van der Waals surface area contributed by atoms with Crippen molar-refractivity contribution >= 4 is 81.1 Å². The number of hydrogen-bond acceptors (Lipinski definition) is 2. The van der Waals surface area contributed by atoms with Gasteiger partial charge in [-0.3, -0.25) is 0 Å². The first-order valence-corrected chi connectivity index (χ1v) is 24.3. The first-order valence-electron chi connectivity index (χ1n) is 23.5. The van der Waals surface area contributed by atoms with E-state index in [2.05, 4.69) is 252 Å². The van der Waals surface area contributed by atoms with Crippen molar-refractivity contribution in [2.24, 2.45) is 0 Å². The number of nitrogens with zero attached hydrogens (tertiary/aromatic N) is 2. The smallest absolute Gasteiger partial charge is 0.0726 e. The summed E-state index contributed by atoms with van der Waals surface area (Å²) in [6.45, 7) is 0. The topological polar surface area (TPSA) is 8.17 Å². The molecule has 2 aliphatic carbocycles. The molecule has 3 heteroatoms. The highest BCUT2D eigenvalue weighted by atomic mass is 32.1. The van der Waals surface area contributed by atoms with Crippen LogP contribution in [0.5, 0.6) is 0 Å². The minimum atomic E-state index is -0.468. The number of fused-ring (bicyclic) bond motifs is 18. The average molecular weight is 881 g/mol. The summed E-state index contributed by atoms with van der Waals surface area (Å²) >= 11 is 1.87. The van der Waals surface area contributed by atoms with E-state index >= 15 is 0 Å². The van der Waals surface area contributed by atoms with Gasteiger partial charge in [0.2, 0.25) is 0 Å². The van der Waals surface area contributed by atoms with Crippen molar-refractivity contribution in [2.45, 2.75) is 5.41 Å². The van der Waals surface area contributed by atoms with Gasteiger partial charge in [0.25, 0.3) is 0 Å². The third-order valence-electron chi connectivity index (χ3n) is 15.0. The molecule has 13 aromatic rings. The van der Waals surface area contributed by atoms with E-state index in [4.69, 9.17) is 0 Å². The molecule has 15 rings (SSSR count). The molecule has 2 heterocycles. The Bertz CT molecular complexity index is 4170. The molecule has 0 unspecified atom stereocenters. The molecule has 316 valence electrons. The van der Waals surface area contributed by atoms with E-state index in [1.165, 1.54) is 108 Å². The lowest BCUT2D eigenvalue weighted by molar-refractivity contribution is 0.794. The zero-order valence-electron chi connectivity index (χ0n) is 36.9. The van der Waals surface area contributed by atoms with Crippen LogP contribution in [0.2, 0.25) is 0 Å². The lowest BCUT2D eigenvalue weighted by atomic mass is 9.70. The Morgan fingerprint density at radius 2 is 1.00 bits per heavy atom. The molecule has 0 saturated carbocycles. The van der Waals surface area contributed by atoms with Gasteiger partial charge in [0.05, 0.1) is 27.8 Å². The average Bonchev–Trinajstić information content (AvgIpc) is 4.13. The van der Waals surface area contributed by atoms with Crippen LogP contribution in [0.1, 0.15) is 22.3 Å². The number of para-hydroxylation sites is 1. The largest absolute Gasteiger partial charge is 0.309 e. The van der Waals surface area contributed by atoms with E-state index in [1.54, 1.807) is 0 Å². The van der Waals surface area contributed by atoms with E-state index in [9.17, 15) is 0 Å². The fraction of sp³-hybridized carbons (Fsp3) is 0.0154. The Labute approximate surface area is 397 Å². The van der Waals surface area contributed by atoms with Crippen LogP contribution in [-0.2, 0) is 5.41 Å². The number of anilines is 3. The Balaban J connectivity index is 1.09. The summed E-state index contributed by atoms with van der Waals surface area (Å²) < 4.78 is 5.16. The van der Waals surface area contributed by atoms with Crippen LogP contribution >= 0.6 is 11.3 Å². The predicted molar refractivity (Wildman–Crippen MR) is 288 cm³/mol. The van der Waals surface area contributed by atoms with Crippen molar-refractivity contribution in [3.05, 3.63) is 265 Å². The van der Waals surface area contributed by atoms with Gasteiger partial charge in [-0.25, -0.2) is 0 Å². The SMILES string of the molecule is c1ccc(-c2ccc3c4c(N(c5ccccc5)c5cccc6c5-c5ccccc5C65c6ccccc6-c6ccccc65)cc5ccccc5c4n(-c4ccc5sc6ccccc6c5c4)c3c2)cc1. The second-order valence-electron chi connectivity index (χ2n) is 18.3. The van der Waals surface area contributed by atoms with E-state index in [-0.39, 0.29) is 0 Å². The van der Waals surface area contributed by atoms with Crippen LogP contribution < -0.4 is 4.90 Å². The lowest BCUT2D eigenvalue weighted by Gasteiger charge is -2.32. The molecule has 0 aliphatic heterocycles. The maximum atomic E-state index is 2.57. The van der Waals surface area contributed by atoms with Gasteiger partial charge in [-0.15, -0.1) is 11.3 Å². The maximum Gasteiger partial charge on any atom is 0.0726 e. The molecule has 1 spiro atoms. The highest BCUT2D eigenvalue weighted by Crippen LogP contribution is 2.65. The van der Waals surface area contributed by atoms with Gasteiger partial charge in [0.1, 0.15) is 0 Å². The van der Waals surface area contributed by atoms with Gasteiger partial charge in [0.15, 0.2) is 0 Å². The van der Waals surface area contributed by atoms with Crippen LogP contribution in [-0.4, -0.2) is 4.57 Å². The molecule has 2 aromatic heterocycles. The molecular weight excluding hydrogens is 841 g/mol. The Morgan fingerprint density at radius 1 is 0.382 bits per heavy atom. The number of benzene rings is 11. The molecule has 0 radical (unpaired) electrons. The Morgan fingerprint density at radius 3 is 1.78 bits per heavy atom. The zero-order chi connectivity index (χ0) is 44.5. The quantitative estimate of drug-likeness (QED) is 0.167. The number of aromatic nitrogens is 1. The summed E-state index contributed by atoms with van der Waals surface area (Å²) in [5.41, 5.74) is 19.3. The Kier molecular flexibility index (Phi) is 7.90. The van der Waals surface area contributed by atoms with Crippen LogP contribution in [0.4, 0.5) is 17.1 Å². The second kappa shape index (κ2) is 14.3. The van der Waals surface area contributed by atoms with Gasteiger partial charge in [0, 0.05) is 53.3 Å². The maximum absolute atomic E-state index is 2.57. The highest BCUT2D eigenvalue weighted by molar-refractivity contribution is 7.25. The summed E-state index contributed by atoms with van der Waals surface area (Å²) in [6.07, 6.45) is 0. The molecule has 0 amide bonds. The summed E-state index contributed by atoms with van der Waals surface area (Å²) in [4.78, 5) is 2.57. The van der Waals surface area contributed by atoms with Gasteiger partial charge < -0.3 is 9.47 Å². The summed E-state index contributed by atoms with van der Waals surface area (Å²) in [5, 5.41) is 7.41. The fourth-order valence-electron chi connectivity index (χ4n) is 12.3. The second-order valence-corrected chi connectivity index (χ2v) is 19.4. The fourth-order valence-corrected chi connectivity index (χ4v) is 13.4. The zero-order valence-corrected chi connectivity index (χ0v) is 37.7. The highest BCUT2D eigenvalue weighted by Gasteiger charge is 2.52. The van der Waals surface area contributed by atoms with E-state index < -0.39 is 5.41 Å². The monoisotopic (exact) mass is 880 g/mol. The lowest BCUT2D eigenvalue weighted by Crippen LogP contribution is -2.26. The van der Waals surface area contributed by atoms with Crippen LogP contribution in [0.3, 0.4) is 0 Å². The molecular formula is C65H40N2S. The predicted octanol–water partition coefficient (Wildman–Crippen LogP) is 17.8. The van der Waals surface area contributed by atoms with E-state index in [0.29, 0.717) is 0 Å². The molecule has 2 nitrogen and oxygen atoms in total. The number of hydrogen-bond donors (Lipinski definition) is 0. The molecule has 0 saturated heterocycles. The summed E-state index contributed by atoms with van der Waals surface area (Å²) in [7, 11) is 0. The van der Waals surface area contributed by atoms with Crippen molar-refractivity contribution in [3.63, 3.8) is 0 Å². The number of thiophene rings is 1. The van der Waals surface area contributed by atoms with Gasteiger partial charge in [-0.2, -0.15) is 0 Å². The standard InChI is InChI=1S/C65H40N2S/c1-3-18-41(19-4-1)42-34-36-51-58(38-42)67(45-35-37-61-52(40-45)49-26-12-16-33-60(49)68-61)64-46-23-8-7-20-43(46)39-59(63(51)64)66(44-21-5-2-6-22-44)57-32-17-31-56-62(57)50-27-11-15-30-55(50)65(56)53-28-13-9-24-47(53)48-25-10-14-29-54(48)65/h1-40H. The van der Waals surface area contributed by atoms with Crippen LogP contribution in [0.15, 0.2) is 243 Å². The Hall–Kier alpha value is -8.50. The minimum absolute atomic E-state index is 0.468. The normalized spacial score (nSPS) is 13.1. The minimum Gasteiger partial charge on any atom is -0.309 e. The summed E-state index contributed by atoms with van der Waals surface area (Å²) in [5.74, 6) is 0. The van der Waals surface area contributed by atoms with Crippen molar-refractivity contribution in [3.8, 4) is 39.1 Å². The third kappa shape index (κ3) is 5.06. The van der Waals surface area contributed by atoms with Crippen molar-refractivity contribution < 1.29 is 0 Å². The third-order valence-corrected chi connectivity index (χ3v) is 16.1. The molecule has 0 bridgehead atoms. The van der Waals surface area contributed by atoms with Crippen molar-refractivity contribution in [1.29, 1.82) is 0 Å². The molecule has 0 fully saturated rings. The van der Waals surface area contributed by atoms with Crippen LogP contribution in [0, 0.1) is 0 Å².